The van der Waals surface area contributed by atoms with E-state index in [-0.39, 0.29) is 0 Å². The smallest absolute Gasteiger partial charge is 0.275 e. The van der Waals surface area contributed by atoms with Crippen molar-refractivity contribution in [3.63, 3.8) is 0 Å². The standard InChI is InChI=1S/C6H7NO2S/c1-4-2-5(3-10-4)6(8)7-9/h2-3,9H,1H3,(H,7,8). The Morgan fingerprint density at radius 2 is 2.50 bits per heavy atom. The maximum Gasteiger partial charge on any atom is 0.275 e. The monoisotopic (exact) mass is 157 g/mol. The lowest BCUT2D eigenvalue weighted by Gasteiger charge is -1.90. The second-order valence-corrected chi connectivity index (χ2v) is 3.00. The number of carbonyl (C=O) groups excluding carboxylic acids is 1. The first-order chi connectivity index (χ1) is 4.74. The molecule has 0 aliphatic heterocycles. The van der Waals surface area contributed by atoms with Crippen LogP contribution in [-0.2, 0) is 0 Å². The third-order valence-corrected chi connectivity index (χ3v) is 1.96. The molecular formula is C6H7NO2S. The van der Waals surface area contributed by atoms with E-state index in [2.05, 4.69) is 0 Å². The molecule has 1 amide bonds. The van der Waals surface area contributed by atoms with Crippen molar-refractivity contribution < 1.29 is 10.0 Å². The Balaban J connectivity index is 2.85. The summed E-state index contributed by atoms with van der Waals surface area (Å²) < 4.78 is 0. The number of amides is 1. The maximum atomic E-state index is 10.7. The van der Waals surface area contributed by atoms with Crippen molar-refractivity contribution in [2.45, 2.75) is 6.92 Å². The lowest BCUT2D eigenvalue weighted by Crippen LogP contribution is -2.17. The molecule has 54 valence electrons. The molecule has 0 saturated carbocycles. The summed E-state index contributed by atoms with van der Waals surface area (Å²) in [4.78, 5) is 11.7. The summed E-state index contributed by atoms with van der Waals surface area (Å²) >= 11 is 1.48. The normalized spacial score (nSPS) is 9.40. The van der Waals surface area contributed by atoms with Gasteiger partial charge in [-0.05, 0) is 13.0 Å². The fourth-order valence-corrected chi connectivity index (χ4v) is 1.31. The zero-order valence-corrected chi connectivity index (χ0v) is 6.23. The fraction of sp³-hybridized carbons (Fsp3) is 0.167. The average Bonchev–Trinajstić information content (AvgIpc) is 2.34. The number of thiophene rings is 1. The molecule has 10 heavy (non-hydrogen) atoms. The summed E-state index contributed by atoms with van der Waals surface area (Å²) in [5.41, 5.74) is 2.07. The van der Waals surface area contributed by atoms with Crippen molar-refractivity contribution in [1.29, 1.82) is 0 Å². The summed E-state index contributed by atoms with van der Waals surface area (Å²) in [7, 11) is 0. The van der Waals surface area contributed by atoms with Gasteiger partial charge in [0.1, 0.15) is 0 Å². The Hall–Kier alpha value is -0.870. The molecule has 0 unspecified atom stereocenters. The van der Waals surface area contributed by atoms with E-state index in [0.717, 1.165) is 4.88 Å². The minimum Gasteiger partial charge on any atom is -0.288 e. The van der Waals surface area contributed by atoms with Gasteiger partial charge >= 0.3 is 0 Å². The summed E-state index contributed by atoms with van der Waals surface area (Å²) in [5.74, 6) is -0.454. The van der Waals surface area contributed by atoms with Crippen LogP contribution in [0.25, 0.3) is 0 Å². The predicted octanol–water partition coefficient (Wildman–Crippen LogP) is 1.18. The van der Waals surface area contributed by atoms with Gasteiger partial charge in [0.2, 0.25) is 0 Å². The average molecular weight is 157 g/mol. The van der Waals surface area contributed by atoms with Crippen LogP contribution in [0.1, 0.15) is 15.2 Å². The van der Waals surface area contributed by atoms with Crippen molar-refractivity contribution in [3.8, 4) is 0 Å². The van der Waals surface area contributed by atoms with Crippen molar-refractivity contribution >= 4 is 17.2 Å². The maximum absolute atomic E-state index is 10.7. The third-order valence-electron chi connectivity index (χ3n) is 1.09. The van der Waals surface area contributed by atoms with Crippen LogP contribution in [0.5, 0.6) is 0 Å². The number of rotatable bonds is 1. The van der Waals surface area contributed by atoms with E-state index in [1.54, 1.807) is 16.9 Å². The Kier molecular flexibility index (Phi) is 2.03. The third kappa shape index (κ3) is 1.34. The van der Waals surface area contributed by atoms with Gasteiger partial charge < -0.3 is 0 Å². The molecule has 0 saturated heterocycles. The molecule has 0 atom stereocenters. The number of hydrogen-bond acceptors (Lipinski definition) is 3. The van der Waals surface area contributed by atoms with Crippen LogP contribution in [-0.4, -0.2) is 11.1 Å². The summed E-state index contributed by atoms with van der Waals surface area (Å²) in [5, 5.41) is 9.90. The number of carbonyl (C=O) groups is 1. The lowest BCUT2D eigenvalue weighted by atomic mass is 10.3. The molecule has 1 aromatic heterocycles. The zero-order chi connectivity index (χ0) is 7.56. The molecular weight excluding hydrogens is 150 g/mol. The first-order valence-electron chi connectivity index (χ1n) is 2.73. The second-order valence-electron chi connectivity index (χ2n) is 1.89. The highest BCUT2D eigenvalue weighted by Gasteiger charge is 2.03. The molecule has 1 rings (SSSR count). The molecule has 1 aromatic rings. The van der Waals surface area contributed by atoms with Gasteiger partial charge in [0, 0.05) is 10.3 Å². The number of hydroxylamine groups is 1. The minimum atomic E-state index is -0.454. The van der Waals surface area contributed by atoms with Crippen LogP contribution in [0.4, 0.5) is 0 Å². The van der Waals surface area contributed by atoms with Gasteiger partial charge in [-0.25, -0.2) is 5.48 Å². The van der Waals surface area contributed by atoms with Gasteiger partial charge in [0.15, 0.2) is 0 Å². The Bertz CT molecular complexity index is 244. The molecule has 0 aliphatic rings. The van der Waals surface area contributed by atoms with Gasteiger partial charge in [0.05, 0.1) is 5.56 Å². The molecule has 0 bridgehead atoms. The van der Waals surface area contributed by atoms with E-state index < -0.39 is 5.91 Å². The minimum absolute atomic E-state index is 0.454. The molecule has 0 radical (unpaired) electrons. The summed E-state index contributed by atoms with van der Waals surface area (Å²) in [6, 6.07) is 1.72. The van der Waals surface area contributed by atoms with E-state index in [4.69, 9.17) is 5.21 Å². The number of aryl methyl sites for hydroxylation is 1. The van der Waals surface area contributed by atoms with E-state index in [1.807, 2.05) is 6.92 Å². The number of hydrogen-bond donors (Lipinski definition) is 2. The Labute approximate surface area is 62.3 Å². The van der Waals surface area contributed by atoms with Crippen molar-refractivity contribution in [2.75, 3.05) is 0 Å². The molecule has 3 nitrogen and oxygen atoms in total. The van der Waals surface area contributed by atoms with Gasteiger partial charge in [-0.1, -0.05) is 0 Å². The molecule has 0 aliphatic carbocycles. The van der Waals surface area contributed by atoms with Gasteiger partial charge in [0.25, 0.3) is 5.91 Å². The van der Waals surface area contributed by atoms with E-state index in [1.165, 1.54) is 11.3 Å². The molecule has 0 fully saturated rings. The van der Waals surface area contributed by atoms with Gasteiger partial charge in [-0.2, -0.15) is 0 Å². The highest BCUT2D eigenvalue weighted by molar-refractivity contribution is 7.10. The largest absolute Gasteiger partial charge is 0.288 e. The van der Waals surface area contributed by atoms with Gasteiger partial charge in [-0.15, -0.1) is 11.3 Å². The van der Waals surface area contributed by atoms with Crippen LogP contribution in [0, 0.1) is 6.92 Å². The summed E-state index contributed by atoms with van der Waals surface area (Å²) in [6.45, 7) is 1.90. The SMILES string of the molecule is Cc1cc(C(=O)NO)cs1. The van der Waals surface area contributed by atoms with Gasteiger partial charge in [-0.3, -0.25) is 10.0 Å². The summed E-state index contributed by atoms with van der Waals surface area (Å²) in [6.07, 6.45) is 0. The lowest BCUT2D eigenvalue weighted by molar-refractivity contribution is 0.0707. The number of nitrogens with one attached hydrogen (secondary N) is 1. The molecule has 1 heterocycles. The van der Waals surface area contributed by atoms with Crippen LogP contribution >= 0.6 is 11.3 Å². The highest BCUT2D eigenvalue weighted by Crippen LogP contribution is 2.12. The Morgan fingerprint density at radius 1 is 1.80 bits per heavy atom. The van der Waals surface area contributed by atoms with E-state index >= 15 is 0 Å². The fourth-order valence-electron chi connectivity index (χ4n) is 0.627. The van der Waals surface area contributed by atoms with Crippen LogP contribution in [0.15, 0.2) is 11.4 Å². The first-order valence-corrected chi connectivity index (χ1v) is 3.61. The molecule has 0 spiro atoms. The van der Waals surface area contributed by atoms with Crippen LogP contribution in [0.2, 0.25) is 0 Å². The van der Waals surface area contributed by atoms with Crippen molar-refractivity contribution in [3.05, 3.63) is 21.9 Å². The van der Waals surface area contributed by atoms with E-state index in [9.17, 15) is 4.79 Å². The highest BCUT2D eigenvalue weighted by atomic mass is 32.1. The molecule has 0 aromatic carbocycles. The first kappa shape index (κ1) is 7.24. The second kappa shape index (κ2) is 2.81. The van der Waals surface area contributed by atoms with Crippen LogP contribution in [0.3, 0.4) is 0 Å². The quantitative estimate of drug-likeness (QED) is 0.475. The predicted molar refractivity (Wildman–Crippen MR) is 38.3 cm³/mol. The van der Waals surface area contributed by atoms with Crippen molar-refractivity contribution in [2.24, 2.45) is 0 Å². The van der Waals surface area contributed by atoms with E-state index in [0.29, 0.717) is 5.56 Å². The van der Waals surface area contributed by atoms with Crippen LogP contribution < -0.4 is 5.48 Å². The topological polar surface area (TPSA) is 49.3 Å². The zero-order valence-electron chi connectivity index (χ0n) is 5.42. The van der Waals surface area contributed by atoms with Crippen molar-refractivity contribution in [1.82, 2.24) is 5.48 Å². The molecule has 4 heteroatoms. The molecule has 2 N–H and O–H groups in total. The Morgan fingerprint density at radius 3 is 2.90 bits per heavy atom.